The van der Waals surface area contributed by atoms with Crippen LogP contribution in [0.25, 0.3) is 0 Å². The molecule has 0 atom stereocenters. The molecule has 198 valence electrons. The normalized spacial score (nSPS) is 10.3. The number of hydrazine groups is 1. The Labute approximate surface area is 235 Å². The fraction of sp³-hybridized carbons (Fsp3) is 0.214. The van der Waals surface area contributed by atoms with Crippen LogP contribution in [0.1, 0.15) is 52.5 Å². The summed E-state index contributed by atoms with van der Waals surface area (Å²) in [4.78, 5) is 37.2. The minimum absolute atomic E-state index is 0.0676. The second kappa shape index (κ2) is 14.8. The summed E-state index contributed by atoms with van der Waals surface area (Å²) < 4.78 is 6.57. The zero-order valence-electron chi connectivity index (χ0n) is 20.9. The first-order chi connectivity index (χ1) is 18.4. The van der Waals surface area contributed by atoms with Gasteiger partial charge in [-0.2, -0.15) is 0 Å². The van der Waals surface area contributed by atoms with E-state index >= 15 is 0 Å². The first kappa shape index (κ1) is 28.8. The summed E-state index contributed by atoms with van der Waals surface area (Å²) in [5.41, 5.74) is 7.35. The van der Waals surface area contributed by atoms with Crippen LogP contribution in [0.4, 0.5) is 5.69 Å². The van der Waals surface area contributed by atoms with Crippen LogP contribution in [0.15, 0.2) is 77.3 Å². The molecule has 0 heterocycles. The molecule has 3 amide bonds. The number of benzene rings is 3. The van der Waals surface area contributed by atoms with Gasteiger partial charge in [-0.25, -0.2) is 0 Å². The molecule has 3 aromatic carbocycles. The fourth-order valence-corrected chi connectivity index (χ4v) is 3.89. The van der Waals surface area contributed by atoms with Crippen LogP contribution >= 0.6 is 28.1 Å². The summed E-state index contributed by atoms with van der Waals surface area (Å²) in [6.07, 6.45) is 2.90. The van der Waals surface area contributed by atoms with Crippen molar-refractivity contribution in [2.45, 2.75) is 32.6 Å². The van der Waals surface area contributed by atoms with Crippen molar-refractivity contribution in [2.24, 2.45) is 0 Å². The minimum atomic E-state index is -0.490. The first-order valence-corrected chi connectivity index (χ1v) is 13.3. The third-order valence-electron chi connectivity index (χ3n) is 5.38. The maximum absolute atomic E-state index is 12.9. The smallest absolute Gasteiger partial charge is 0.269 e. The number of amides is 3. The van der Waals surface area contributed by atoms with E-state index in [-0.39, 0.29) is 11.0 Å². The fourth-order valence-electron chi connectivity index (χ4n) is 3.38. The Kier molecular flexibility index (Phi) is 11.3. The Bertz CT molecular complexity index is 1270. The highest BCUT2D eigenvalue weighted by Crippen LogP contribution is 2.23. The lowest BCUT2D eigenvalue weighted by Gasteiger charge is -2.14. The van der Waals surface area contributed by atoms with Crippen LogP contribution in [0.2, 0.25) is 0 Å². The van der Waals surface area contributed by atoms with Crippen LogP contribution < -0.4 is 26.2 Å². The molecule has 0 fully saturated rings. The highest BCUT2D eigenvalue weighted by molar-refractivity contribution is 9.10. The quantitative estimate of drug-likeness (QED) is 0.190. The predicted molar refractivity (Wildman–Crippen MR) is 155 cm³/mol. The minimum Gasteiger partial charge on any atom is -0.492 e. The number of unbranched alkanes of at least 4 members (excludes halogenated alkanes) is 1. The van der Waals surface area contributed by atoms with Gasteiger partial charge in [0.25, 0.3) is 11.8 Å². The number of thiocarbonyl (C=S) groups is 1. The third kappa shape index (κ3) is 9.28. The number of carbonyl (C=O) groups is 3. The van der Waals surface area contributed by atoms with Gasteiger partial charge in [-0.15, -0.1) is 0 Å². The maximum Gasteiger partial charge on any atom is 0.269 e. The Morgan fingerprint density at radius 2 is 1.66 bits per heavy atom. The van der Waals surface area contributed by atoms with Gasteiger partial charge in [-0.3, -0.25) is 30.6 Å². The molecule has 0 bridgehead atoms. The topological polar surface area (TPSA) is 109 Å². The number of anilines is 1. The second-order valence-electron chi connectivity index (χ2n) is 8.32. The van der Waals surface area contributed by atoms with Gasteiger partial charge in [0.1, 0.15) is 5.75 Å². The van der Waals surface area contributed by atoms with Gasteiger partial charge in [-0.05, 0) is 66.7 Å². The molecule has 4 N–H and O–H groups in total. The van der Waals surface area contributed by atoms with Crippen molar-refractivity contribution in [3.63, 3.8) is 0 Å². The zero-order chi connectivity index (χ0) is 27.3. The number of carbonyl (C=O) groups excluding carboxylic acids is 3. The van der Waals surface area contributed by atoms with E-state index < -0.39 is 11.8 Å². The summed E-state index contributed by atoms with van der Waals surface area (Å²) in [5.74, 6) is -0.605. The SMILES string of the molecule is CCCCC(=O)Nc1ccc(C(=O)NNC(=S)NC(=O)c2cc(Br)ccc2OCCc2ccccc2)cc1. The van der Waals surface area contributed by atoms with Crippen LogP contribution in [-0.4, -0.2) is 29.4 Å². The molecule has 0 aromatic heterocycles. The molecule has 8 nitrogen and oxygen atoms in total. The molecule has 38 heavy (non-hydrogen) atoms. The van der Waals surface area contributed by atoms with Gasteiger partial charge in [-0.1, -0.05) is 59.6 Å². The van der Waals surface area contributed by atoms with Crippen molar-refractivity contribution >= 4 is 56.7 Å². The molecular formula is C28H29BrN4O4S. The number of ether oxygens (including phenoxy) is 1. The zero-order valence-corrected chi connectivity index (χ0v) is 23.3. The molecule has 0 aliphatic rings. The highest BCUT2D eigenvalue weighted by Gasteiger charge is 2.16. The number of rotatable bonds is 10. The summed E-state index contributed by atoms with van der Waals surface area (Å²) in [7, 11) is 0. The van der Waals surface area contributed by atoms with E-state index in [1.807, 2.05) is 37.3 Å². The van der Waals surface area contributed by atoms with E-state index in [1.165, 1.54) is 0 Å². The number of nitrogens with one attached hydrogen (secondary N) is 4. The Balaban J connectivity index is 1.50. The number of hydrogen-bond acceptors (Lipinski definition) is 5. The van der Waals surface area contributed by atoms with Gasteiger partial charge in [0.15, 0.2) is 5.11 Å². The lowest BCUT2D eigenvalue weighted by atomic mass is 10.1. The molecule has 0 spiro atoms. The summed E-state index contributed by atoms with van der Waals surface area (Å²) >= 11 is 8.55. The van der Waals surface area contributed by atoms with Gasteiger partial charge < -0.3 is 10.1 Å². The van der Waals surface area contributed by atoms with E-state index in [2.05, 4.69) is 37.4 Å². The van der Waals surface area contributed by atoms with Crippen molar-refractivity contribution < 1.29 is 19.1 Å². The van der Waals surface area contributed by atoms with E-state index in [0.717, 1.165) is 18.4 Å². The van der Waals surface area contributed by atoms with E-state index in [4.69, 9.17) is 17.0 Å². The molecular weight excluding hydrogens is 568 g/mol. The summed E-state index contributed by atoms with van der Waals surface area (Å²) in [6.45, 7) is 2.42. The van der Waals surface area contributed by atoms with Crippen molar-refractivity contribution in [1.82, 2.24) is 16.2 Å². The van der Waals surface area contributed by atoms with Crippen molar-refractivity contribution in [2.75, 3.05) is 11.9 Å². The third-order valence-corrected chi connectivity index (χ3v) is 6.08. The highest BCUT2D eigenvalue weighted by atomic mass is 79.9. The Morgan fingerprint density at radius 1 is 0.921 bits per heavy atom. The standard InChI is InChI=1S/C28H29BrN4O4S/c1-2-3-9-25(34)30-22-13-10-20(11-14-22)26(35)32-33-28(38)31-27(36)23-18-21(29)12-15-24(23)37-17-16-19-7-5-4-6-8-19/h4-8,10-15,18H,2-3,9,16-17H2,1H3,(H,30,34)(H,32,35)(H2,31,33,36,38). The van der Waals surface area contributed by atoms with Crippen LogP contribution in [-0.2, 0) is 11.2 Å². The monoisotopic (exact) mass is 596 g/mol. The molecule has 10 heteroatoms. The number of hydrogen-bond donors (Lipinski definition) is 4. The molecule has 3 aromatic rings. The lowest BCUT2D eigenvalue weighted by molar-refractivity contribution is -0.116. The van der Waals surface area contributed by atoms with Gasteiger partial charge >= 0.3 is 0 Å². The Morgan fingerprint density at radius 3 is 2.37 bits per heavy atom. The van der Waals surface area contributed by atoms with Crippen LogP contribution in [0, 0.1) is 0 Å². The van der Waals surface area contributed by atoms with Gasteiger partial charge in [0.05, 0.1) is 12.2 Å². The van der Waals surface area contributed by atoms with Crippen LogP contribution in [0.5, 0.6) is 5.75 Å². The number of halogens is 1. The molecule has 0 radical (unpaired) electrons. The van der Waals surface area contributed by atoms with Gasteiger partial charge in [0.2, 0.25) is 5.91 Å². The molecule has 0 aliphatic heterocycles. The first-order valence-electron chi connectivity index (χ1n) is 12.1. The lowest BCUT2D eigenvalue weighted by Crippen LogP contribution is -2.48. The molecule has 0 unspecified atom stereocenters. The summed E-state index contributed by atoms with van der Waals surface area (Å²) in [6, 6.07) is 21.5. The Hall–Kier alpha value is -3.76. The van der Waals surface area contributed by atoms with Crippen molar-refractivity contribution in [3.8, 4) is 5.75 Å². The second-order valence-corrected chi connectivity index (χ2v) is 9.64. The molecule has 0 saturated heterocycles. The van der Waals surface area contributed by atoms with Crippen molar-refractivity contribution in [3.05, 3.63) is 94.0 Å². The summed E-state index contributed by atoms with van der Waals surface area (Å²) in [5, 5.41) is 5.25. The molecule has 0 aliphatic carbocycles. The van der Waals surface area contributed by atoms with E-state index in [0.29, 0.717) is 46.5 Å². The van der Waals surface area contributed by atoms with Crippen LogP contribution in [0.3, 0.4) is 0 Å². The van der Waals surface area contributed by atoms with Gasteiger partial charge in [0, 0.05) is 28.6 Å². The molecule has 0 saturated carbocycles. The van der Waals surface area contributed by atoms with Crippen molar-refractivity contribution in [1.29, 1.82) is 0 Å². The maximum atomic E-state index is 12.9. The average Bonchev–Trinajstić information content (AvgIpc) is 2.92. The van der Waals surface area contributed by atoms with E-state index in [9.17, 15) is 14.4 Å². The van der Waals surface area contributed by atoms with E-state index in [1.54, 1.807) is 42.5 Å². The molecule has 3 rings (SSSR count). The predicted octanol–water partition coefficient (Wildman–Crippen LogP) is 5.15. The average molecular weight is 598 g/mol. The largest absolute Gasteiger partial charge is 0.492 e.